The average Bonchev–Trinajstić information content (AvgIpc) is 2.61. The number of benzene rings is 2. The van der Waals surface area contributed by atoms with Gasteiger partial charge in [0.25, 0.3) is 0 Å². The summed E-state index contributed by atoms with van der Waals surface area (Å²) in [4.78, 5) is 11.3. The number of rotatable bonds is 7. The highest BCUT2D eigenvalue weighted by Crippen LogP contribution is 2.40. The molecule has 0 heterocycles. The molecule has 0 aliphatic rings. The molecular weight excluding hydrogens is 359 g/mol. The van der Waals surface area contributed by atoms with E-state index >= 15 is 0 Å². The Bertz CT molecular complexity index is 724. The fraction of sp³-hybridized carbons (Fsp3) is 0.400. The highest BCUT2D eigenvalue weighted by atomic mass is 35.5. The monoisotopic (exact) mass is 382 g/mol. The standard InChI is InChI=1S/C20H24Cl2O3/c1-5-13-15(7-3)20(16(8-4)14(6-2)19(13)23)25-24-12-9-10-17(21)18(22)11-12/h9-11,23H,5-8H2,1-4H3. The number of phenolic OH excluding ortho intramolecular Hbond substituents is 1. The Kier molecular flexibility index (Phi) is 6.86. The van der Waals surface area contributed by atoms with E-state index in [0.717, 1.165) is 47.9 Å². The van der Waals surface area contributed by atoms with Crippen molar-refractivity contribution < 1.29 is 14.9 Å². The number of phenols is 1. The molecular formula is C20H24Cl2O3. The van der Waals surface area contributed by atoms with E-state index in [1.54, 1.807) is 18.2 Å². The molecule has 0 saturated heterocycles. The van der Waals surface area contributed by atoms with Crippen LogP contribution in [-0.4, -0.2) is 5.11 Å². The Balaban J connectivity index is 2.48. The number of hydrogen-bond donors (Lipinski definition) is 1. The predicted molar refractivity (Wildman–Crippen MR) is 103 cm³/mol. The summed E-state index contributed by atoms with van der Waals surface area (Å²) in [5.74, 6) is 1.56. The molecule has 1 N–H and O–H groups in total. The number of aromatic hydroxyl groups is 1. The van der Waals surface area contributed by atoms with Crippen molar-refractivity contribution in [1.29, 1.82) is 0 Å². The molecule has 3 nitrogen and oxygen atoms in total. The third-order valence-electron chi connectivity index (χ3n) is 4.37. The van der Waals surface area contributed by atoms with Gasteiger partial charge in [-0.25, -0.2) is 0 Å². The molecule has 0 radical (unpaired) electrons. The Labute approximate surface area is 159 Å². The maximum atomic E-state index is 10.7. The van der Waals surface area contributed by atoms with Crippen LogP contribution in [0.25, 0.3) is 0 Å². The van der Waals surface area contributed by atoms with Crippen molar-refractivity contribution >= 4 is 23.2 Å². The van der Waals surface area contributed by atoms with Crippen molar-refractivity contribution in [1.82, 2.24) is 0 Å². The molecule has 2 rings (SSSR count). The van der Waals surface area contributed by atoms with Gasteiger partial charge in [-0.05, 0) is 37.8 Å². The summed E-state index contributed by atoms with van der Waals surface area (Å²) in [7, 11) is 0. The van der Waals surface area contributed by atoms with E-state index in [-0.39, 0.29) is 0 Å². The Morgan fingerprint density at radius 2 is 1.28 bits per heavy atom. The molecule has 136 valence electrons. The first-order valence-corrected chi connectivity index (χ1v) is 9.41. The SMILES string of the molecule is CCc1c(O)c(CC)c(CC)c(OOc2ccc(Cl)c(Cl)c2)c1CC. The van der Waals surface area contributed by atoms with E-state index in [4.69, 9.17) is 33.0 Å². The quantitative estimate of drug-likeness (QED) is 0.449. The first-order valence-electron chi connectivity index (χ1n) is 8.66. The minimum atomic E-state index is 0.389. The minimum Gasteiger partial charge on any atom is -0.507 e. The molecule has 5 heteroatoms. The zero-order valence-electron chi connectivity index (χ0n) is 15.1. The summed E-state index contributed by atoms with van der Waals surface area (Å²) in [5, 5.41) is 11.5. The highest BCUT2D eigenvalue weighted by Gasteiger charge is 2.22. The fourth-order valence-corrected chi connectivity index (χ4v) is 3.44. The predicted octanol–water partition coefficient (Wildman–Crippen LogP) is 6.32. The van der Waals surface area contributed by atoms with E-state index in [1.807, 2.05) is 27.7 Å². The second-order valence-corrected chi connectivity index (χ2v) is 6.56. The Morgan fingerprint density at radius 3 is 1.72 bits per heavy atom. The van der Waals surface area contributed by atoms with E-state index < -0.39 is 0 Å². The Morgan fingerprint density at radius 1 is 0.760 bits per heavy atom. The molecule has 0 saturated carbocycles. The summed E-state index contributed by atoms with van der Waals surface area (Å²) >= 11 is 12.0. The van der Waals surface area contributed by atoms with Gasteiger partial charge in [-0.2, -0.15) is 0 Å². The van der Waals surface area contributed by atoms with Crippen LogP contribution in [0.4, 0.5) is 0 Å². The molecule has 0 fully saturated rings. The van der Waals surface area contributed by atoms with Gasteiger partial charge in [-0.15, -0.1) is 0 Å². The lowest BCUT2D eigenvalue weighted by atomic mass is 9.90. The van der Waals surface area contributed by atoms with Crippen LogP contribution in [0, 0.1) is 0 Å². The first kappa shape index (κ1) is 19.7. The van der Waals surface area contributed by atoms with Gasteiger partial charge in [0, 0.05) is 28.3 Å². The van der Waals surface area contributed by atoms with Crippen molar-refractivity contribution in [3.63, 3.8) is 0 Å². The molecule has 0 bridgehead atoms. The van der Waals surface area contributed by atoms with E-state index in [2.05, 4.69) is 0 Å². The van der Waals surface area contributed by atoms with Gasteiger partial charge in [0.2, 0.25) is 0 Å². The molecule has 2 aromatic carbocycles. The average molecular weight is 383 g/mol. The first-order chi connectivity index (χ1) is 12.0. The van der Waals surface area contributed by atoms with Crippen LogP contribution < -0.4 is 9.78 Å². The third-order valence-corrected chi connectivity index (χ3v) is 5.11. The molecule has 2 aromatic rings. The Hall–Kier alpha value is -1.58. The molecule has 0 amide bonds. The largest absolute Gasteiger partial charge is 0.507 e. The van der Waals surface area contributed by atoms with Gasteiger partial charge in [0.05, 0.1) is 10.0 Å². The minimum absolute atomic E-state index is 0.389. The molecule has 0 unspecified atom stereocenters. The van der Waals surface area contributed by atoms with Gasteiger partial charge in [-0.3, -0.25) is 9.78 Å². The number of halogens is 2. The van der Waals surface area contributed by atoms with Crippen molar-refractivity contribution in [2.75, 3.05) is 0 Å². The van der Waals surface area contributed by atoms with Gasteiger partial charge >= 0.3 is 0 Å². The van der Waals surface area contributed by atoms with Crippen molar-refractivity contribution in [3.05, 3.63) is 50.5 Å². The van der Waals surface area contributed by atoms with Crippen LogP contribution in [0.2, 0.25) is 10.0 Å². The summed E-state index contributed by atoms with van der Waals surface area (Å²) in [6.07, 6.45) is 2.95. The van der Waals surface area contributed by atoms with E-state index in [9.17, 15) is 5.11 Å². The molecule has 0 aliphatic carbocycles. The maximum absolute atomic E-state index is 10.7. The lowest BCUT2D eigenvalue weighted by Crippen LogP contribution is -2.10. The second-order valence-electron chi connectivity index (χ2n) is 5.75. The van der Waals surface area contributed by atoms with Crippen LogP contribution in [0.15, 0.2) is 18.2 Å². The maximum Gasteiger partial charge on any atom is 0.185 e. The van der Waals surface area contributed by atoms with Crippen LogP contribution in [-0.2, 0) is 25.7 Å². The molecule has 0 aromatic heterocycles. The lowest BCUT2D eigenvalue weighted by molar-refractivity contribution is -0.102. The fourth-order valence-electron chi connectivity index (χ4n) is 3.15. The topological polar surface area (TPSA) is 38.7 Å². The second kappa shape index (κ2) is 8.68. The molecule has 0 atom stereocenters. The van der Waals surface area contributed by atoms with Gasteiger partial charge in [0.15, 0.2) is 11.5 Å². The highest BCUT2D eigenvalue weighted by molar-refractivity contribution is 6.42. The smallest absolute Gasteiger partial charge is 0.185 e. The van der Waals surface area contributed by atoms with Crippen LogP contribution in [0.5, 0.6) is 17.2 Å². The zero-order chi connectivity index (χ0) is 18.6. The third kappa shape index (κ3) is 3.99. The van der Waals surface area contributed by atoms with Gasteiger partial charge in [0.1, 0.15) is 5.75 Å². The number of hydrogen-bond acceptors (Lipinski definition) is 3. The summed E-state index contributed by atoms with van der Waals surface area (Å²) in [5.41, 5.74) is 3.80. The zero-order valence-corrected chi connectivity index (χ0v) is 16.6. The normalized spacial score (nSPS) is 10.8. The van der Waals surface area contributed by atoms with Crippen molar-refractivity contribution in [3.8, 4) is 17.2 Å². The van der Waals surface area contributed by atoms with Gasteiger partial charge in [-0.1, -0.05) is 50.9 Å². The molecule has 0 aliphatic heterocycles. The van der Waals surface area contributed by atoms with E-state index in [0.29, 0.717) is 27.3 Å². The van der Waals surface area contributed by atoms with Crippen LogP contribution in [0.3, 0.4) is 0 Å². The molecule has 0 spiro atoms. The summed E-state index contributed by atoms with van der Waals surface area (Å²) in [6, 6.07) is 4.98. The molecule has 25 heavy (non-hydrogen) atoms. The lowest BCUT2D eigenvalue weighted by Gasteiger charge is -2.21. The van der Waals surface area contributed by atoms with Crippen LogP contribution >= 0.6 is 23.2 Å². The summed E-state index contributed by atoms with van der Waals surface area (Å²) in [6.45, 7) is 8.15. The van der Waals surface area contributed by atoms with Gasteiger partial charge < -0.3 is 5.11 Å². The van der Waals surface area contributed by atoms with Crippen molar-refractivity contribution in [2.45, 2.75) is 53.4 Å². The summed E-state index contributed by atoms with van der Waals surface area (Å²) < 4.78 is 0. The van der Waals surface area contributed by atoms with Crippen molar-refractivity contribution in [2.24, 2.45) is 0 Å². The van der Waals surface area contributed by atoms with E-state index in [1.165, 1.54) is 0 Å². The van der Waals surface area contributed by atoms with Crippen LogP contribution in [0.1, 0.15) is 49.9 Å².